The number of sulfone groups is 1. The van der Waals surface area contributed by atoms with E-state index in [1.807, 2.05) is 0 Å². The molecule has 0 spiro atoms. The smallest absolute Gasteiger partial charge is 0.298 e. The molecule has 0 saturated carbocycles. The molecule has 8 heteroatoms. The third-order valence-corrected chi connectivity index (χ3v) is 5.08. The summed E-state index contributed by atoms with van der Waals surface area (Å²) < 4.78 is 61.6. The summed E-state index contributed by atoms with van der Waals surface area (Å²) in [6, 6.07) is 3.49. The maximum absolute atomic E-state index is 12.3. The molecule has 1 aromatic rings. The monoisotopic (exact) mass is 332 g/mol. The fourth-order valence-electron chi connectivity index (χ4n) is 1.63. The topological polar surface area (TPSA) is 97.7 Å². The Balaban J connectivity index is 3.59. The Hall–Kier alpha value is -1.64. The molecule has 116 valence electrons. The van der Waals surface area contributed by atoms with Crippen molar-refractivity contribution in [1.29, 1.82) is 0 Å². The molecule has 1 aromatic carbocycles. The van der Waals surface area contributed by atoms with Crippen LogP contribution >= 0.6 is 0 Å². The Bertz CT molecular complexity index is 760. The Morgan fingerprint density at radius 1 is 1.29 bits per heavy atom. The fourth-order valence-corrected chi connectivity index (χ4v) is 3.89. The predicted octanol–water partition coefficient (Wildman–Crippen LogP) is 1.85. The molecule has 21 heavy (non-hydrogen) atoms. The predicted molar refractivity (Wildman–Crippen MR) is 78.8 cm³/mol. The Labute approximate surface area is 124 Å². The van der Waals surface area contributed by atoms with Crippen LogP contribution in [0.3, 0.4) is 0 Å². The van der Waals surface area contributed by atoms with Gasteiger partial charge in [-0.05, 0) is 19.1 Å². The summed E-state index contributed by atoms with van der Waals surface area (Å²) in [6.07, 6.45) is 1.33. The van der Waals surface area contributed by atoms with Crippen LogP contribution in [0.2, 0.25) is 0 Å². The van der Waals surface area contributed by atoms with Gasteiger partial charge in [-0.3, -0.25) is 4.55 Å². The summed E-state index contributed by atoms with van der Waals surface area (Å²) in [5.41, 5.74) is 0.391. The average molecular weight is 332 g/mol. The first-order valence-corrected chi connectivity index (χ1v) is 8.90. The number of hydrogen-bond acceptors (Lipinski definition) is 5. The van der Waals surface area contributed by atoms with Crippen molar-refractivity contribution >= 4 is 20.0 Å². The minimum absolute atomic E-state index is 0.109. The van der Waals surface area contributed by atoms with Crippen molar-refractivity contribution in [2.45, 2.75) is 16.7 Å². The zero-order valence-corrected chi connectivity index (χ0v) is 13.1. The Kier molecular flexibility index (Phi) is 5.32. The average Bonchev–Trinajstić information content (AvgIpc) is 2.33. The van der Waals surface area contributed by atoms with E-state index < -0.39 is 30.6 Å². The van der Waals surface area contributed by atoms with Crippen molar-refractivity contribution in [3.8, 4) is 5.75 Å². The SMILES string of the molecule is C=CCOc1c(S(=O)(=O)O)cccc1S(=O)(=O)CC(=C)C. The molecule has 0 amide bonds. The van der Waals surface area contributed by atoms with Crippen molar-refractivity contribution in [2.24, 2.45) is 0 Å². The number of benzene rings is 1. The van der Waals surface area contributed by atoms with Crippen LogP contribution in [0.25, 0.3) is 0 Å². The van der Waals surface area contributed by atoms with E-state index in [1.165, 1.54) is 25.1 Å². The van der Waals surface area contributed by atoms with Crippen molar-refractivity contribution in [3.05, 3.63) is 43.0 Å². The Morgan fingerprint density at radius 2 is 1.86 bits per heavy atom. The molecule has 0 aliphatic carbocycles. The number of para-hydroxylation sites is 1. The molecular weight excluding hydrogens is 316 g/mol. The molecule has 0 radical (unpaired) electrons. The molecule has 0 aromatic heterocycles. The van der Waals surface area contributed by atoms with Gasteiger partial charge in [0.25, 0.3) is 10.1 Å². The summed E-state index contributed by atoms with van der Waals surface area (Å²) in [7, 11) is -8.46. The molecule has 0 aliphatic rings. The van der Waals surface area contributed by atoms with Crippen LogP contribution in [0.1, 0.15) is 6.92 Å². The zero-order valence-electron chi connectivity index (χ0n) is 11.4. The van der Waals surface area contributed by atoms with E-state index in [0.717, 1.165) is 6.07 Å². The lowest BCUT2D eigenvalue weighted by Gasteiger charge is -2.14. The molecule has 0 fully saturated rings. The molecule has 0 aliphatic heterocycles. The van der Waals surface area contributed by atoms with Crippen LogP contribution < -0.4 is 4.74 Å². The van der Waals surface area contributed by atoms with Crippen molar-refractivity contribution < 1.29 is 26.1 Å². The largest absolute Gasteiger partial charge is 0.487 e. The molecular formula is C13H16O6S2. The van der Waals surface area contributed by atoms with Crippen molar-refractivity contribution in [3.63, 3.8) is 0 Å². The fraction of sp³-hybridized carbons (Fsp3) is 0.231. The third kappa shape index (κ3) is 4.42. The highest BCUT2D eigenvalue weighted by atomic mass is 32.2. The highest BCUT2D eigenvalue weighted by molar-refractivity contribution is 7.91. The maximum atomic E-state index is 12.3. The van der Waals surface area contributed by atoms with Gasteiger partial charge in [-0.1, -0.05) is 30.9 Å². The lowest BCUT2D eigenvalue weighted by molar-refractivity contribution is 0.340. The van der Waals surface area contributed by atoms with Crippen LogP contribution in [0.4, 0.5) is 0 Å². The number of ether oxygens (including phenoxy) is 1. The van der Waals surface area contributed by atoms with Crippen molar-refractivity contribution in [2.75, 3.05) is 12.4 Å². The maximum Gasteiger partial charge on any atom is 0.298 e. The van der Waals surface area contributed by atoms with E-state index in [0.29, 0.717) is 5.57 Å². The molecule has 0 bridgehead atoms. The summed E-state index contributed by atoms with van der Waals surface area (Å²) in [5, 5.41) is 0. The summed E-state index contributed by atoms with van der Waals surface area (Å²) >= 11 is 0. The summed E-state index contributed by atoms with van der Waals surface area (Å²) in [6.45, 7) is 8.36. The van der Waals surface area contributed by atoms with Gasteiger partial charge in [0.05, 0.1) is 5.75 Å². The quantitative estimate of drug-likeness (QED) is 0.604. The lowest BCUT2D eigenvalue weighted by Crippen LogP contribution is -2.13. The molecule has 1 rings (SSSR count). The molecule has 0 unspecified atom stereocenters. The minimum Gasteiger partial charge on any atom is -0.487 e. The van der Waals surface area contributed by atoms with Gasteiger partial charge in [-0.25, -0.2) is 8.42 Å². The minimum atomic E-state index is -4.62. The van der Waals surface area contributed by atoms with Crippen molar-refractivity contribution in [1.82, 2.24) is 0 Å². The highest BCUT2D eigenvalue weighted by Gasteiger charge is 2.26. The van der Waals surface area contributed by atoms with E-state index in [2.05, 4.69) is 13.2 Å². The van der Waals surface area contributed by atoms with Gasteiger partial charge in [-0.2, -0.15) is 8.42 Å². The molecule has 6 nitrogen and oxygen atoms in total. The van der Waals surface area contributed by atoms with Gasteiger partial charge in [-0.15, -0.1) is 0 Å². The first-order valence-electron chi connectivity index (χ1n) is 5.81. The zero-order chi connectivity index (χ0) is 16.3. The third-order valence-electron chi connectivity index (χ3n) is 2.34. The first-order chi connectivity index (χ1) is 9.59. The first kappa shape index (κ1) is 17.4. The second-order valence-corrected chi connectivity index (χ2v) is 7.72. The number of rotatable bonds is 7. The summed E-state index contributed by atoms with van der Waals surface area (Å²) in [5.74, 6) is -0.770. The van der Waals surface area contributed by atoms with Gasteiger partial charge in [0.15, 0.2) is 15.6 Å². The second kappa shape index (κ2) is 6.42. The van der Waals surface area contributed by atoms with Gasteiger partial charge < -0.3 is 4.74 Å². The molecule has 0 heterocycles. The van der Waals surface area contributed by atoms with Crippen LogP contribution in [0.5, 0.6) is 5.75 Å². The molecule has 1 N–H and O–H groups in total. The lowest BCUT2D eigenvalue weighted by atomic mass is 10.3. The van der Waals surface area contributed by atoms with Crippen LogP contribution in [-0.2, 0) is 20.0 Å². The van der Waals surface area contributed by atoms with Gasteiger partial charge >= 0.3 is 0 Å². The Morgan fingerprint density at radius 3 is 2.33 bits per heavy atom. The second-order valence-electron chi connectivity index (χ2n) is 4.37. The standard InChI is InChI=1S/C13H16O6S2/c1-4-8-19-13-11(20(14,15)9-10(2)3)6-5-7-12(13)21(16,17)18/h4-7H,1-2,8-9H2,3H3,(H,16,17,18). The van der Waals surface area contributed by atoms with Crippen LogP contribution in [-0.4, -0.2) is 33.7 Å². The molecule has 0 atom stereocenters. The molecule has 0 saturated heterocycles. The van der Waals surface area contributed by atoms with E-state index in [4.69, 9.17) is 4.74 Å². The van der Waals surface area contributed by atoms with E-state index in [9.17, 15) is 21.4 Å². The normalized spacial score (nSPS) is 11.9. The van der Waals surface area contributed by atoms with E-state index in [-0.39, 0.29) is 17.3 Å². The van der Waals surface area contributed by atoms with Gasteiger partial charge in [0, 0.05) is 0 Å². The summed E-state index contributed by atoms with van der Waals surface area (Å²) in [4.78, 5) is -0.922. The van der Waals surface area contributed by atoms with Crippen LogP contribution in [0, 0.1) is 0 Å². The van der Waals surface area contributed by atoms with E-state index in [1.54, 1.807) is 0 Å². The number of hydrogen-bond donors (Lipinski definition) is 1. The van der Waals surface area contributed by atoms with E-state index >= 15 is 0 Å². The van der Waals surface area contributed by atoms with Crippen LogP contribution in [0.15, 0.2) is 52.8 Å². The highest BCUT2D eigenvalue weighted by Crippen LogP contribution is 2.32. The van der Waals surface area contributed by atoms with Gasteiger partial charge in [0.1, 0.15) is 16.4 Å². The van der Waals surface area contributed by atoms with Gasteiger partial charge in [0.2, 0.25) is 0 Å².